The van der Waals surface area contributed by atoms with Gasteiger partial charge in [-0.2, -0.15) is 0 Å². The number of piperidine rings is 1. The summed E-state index contributed by atoms with van der Waals surface area (Å²) >= 11 is 0. The third-order valence-electron chi connectivity index (χ3n) is 4.05. The minimum absolute atomic E-state index is 0.180. The number of aromatic hydroxyl groups is 1. The molecule has 2 amide bonds. The topological polar surface area (TPSA) is 94.2 Å². The maximum Gasteiger partial charge on any atom is 0.232 e. The Morgan fingerprint density at radius 2 is 2.27 bits per heavy atom. The summed E-state index contributed by atoms with van der Waals surface area (Å²) < 4.78 is 0. The van der Waals surface area contributed by atoms with E-state index in [1.807, 2.05) is 12.3 Å². The molecule has 1 aromatic carbocycles. The van der Waals surface area contributed by atoms with Gasteiger partial charge in [-0.25, -0.2) is 0 Å². The van der Waals surface area contributed by atoms with Gasteiger partial charge in [-0.05, 0) is 43.0 Å². The monoisotopic (exact) mass is 301 g/mol. The van der Waals surface area contributed by atoms with Crippen LogP contribution in [0.2, 0.25) is 0 Å². The van der Waals surface area contributed by atoms with Crippen LogP contribution in [0, 0.1) is 5.92 Å². The van der Waals surface area contributed by atoms with Crippen molar-refractivity contribution in [2.45, 2.75) is 19.3 Å². The average Bonchev–Trinajstić information content (AvgIpc) is 2.90. The number of nitrogens with one attached hydrogen (secondary N) is 3. The van der Waals surface area contributed by atoms with Crippen LogP contribution in [0.25, 0.3) is 10.9 Å². The Balaban J connectivity index is 1.59. The fourth-order valence-corrected chi connectivity index (χ4v) is 2.84. The summed E-state index contributed by atoms with van der Waals surface area (Å²) in [5.74, 6) is -0.738. The molecule has 1 aliphatic heterocycles. The Morgan fingerprint density at radius 1 is 1.41 bits per heavy atom. The van der Waals surface area contributed by atoms with Gasteiger partial charge in [0, 0.05) is 30.2 Å². The van der Waals surface area contributed by atoms with Crippen LogP contribution in [-0.4, -0.2) is 35.0 Å². The zero-order chi connectivity index (χ0) is 15.5. The fourth-order valence-electron chi connectivity index (χ4n) is 2.84. The first kappa shape index (κ1) is 14.4. The second-order valence-corrected chi connectivity index (χ2v) is 5.57. The van der Waals surface area contributed by atoms with E-state index >= 15 is 0 Å². The van der Waals surface area contributed by atoms with Crippen LogP contribution >= 0.6 is 0 Å². The molecule has 6 nitrogen and oxygen atoms in total. The Morgan fingerprint density at radius 3 is 3.09 bits per heavy atom. The lowest BCUT2D eigenvalue weighted by Crippen LogP contribution is -2.45. The van der Waals surface area contributed by atoms with Gasteiger partial charge < -0.3 is 20.7 Å². The van der Waals surface area contributed by atoms with Crippen molar-refractivity contribution in [1.29, 1.82) is 0 Å². The van der Waals surface area contributed by atoms with E-state index in [0.29, 0.717) is 25.9 Å². The highest BCUT2D eigenvalue weighted by molar-refractivity contribution is 6.00. The number of amides is 2. The average molecular weight is 301 g/mol. The van der Waals surface area contributed by atoms with Crippen molar-refractivity contribution in [1.82, 2.24) is 15.6 Å². The van der Waals surface area contributed by atoms with Gasteiger partial charge in [0.05, 0.1) is 0 Å². The quantitative estimate of drug-likeness (QED) is 0.636. The lowest BCUT2D eigenvalue weighted by atomic mass is 9.98. The summed E-state index contributed by atoms with van der Waals surface area (Å²) in [6.07, 6.45) is 3.97. The lowest BCUT2D eigenvalue weighted by Gasteiger charge is -2.20. The Labute approximate surface area is 127 Å². The molecule has 0 aliphatic carbocycles. The molecule has 2 heterocycles. The number of phenolic OH excluding ortho intramolecular Hbond substituents is 1. The Hall–Kier alpha value is -2.50. The summed E-state index contributed by atoms with van der Waals surface area (Å²) in [7, 11) is 0. The highest BCUT2D eigenvalue weighted by atomic mass is 16.3. The van der Waals surface area contributed by atoms with Crippen LogP contribution in [0.4, 0.5) is 0 Å². The van der Waals surface area contributed by atoms with Crippen molar-refractivity contribution >= 4 is 22.7 Å². The molecule has 4 N–H and O–H groups in total. The fraction of sp³-hybridized carbons (Fsp3) is 0.375. The number of phenols is 1. The van der Waals surface area contributed by atoms with Crippen molar-refractivity contribution in [3.63, 3.8) is 0 Å². The van der Waals surface area contributed by atoms with Gasteiger partial charge in [0.15, 0.2) is 0 Å². The molecular formula is C16H19N3O3. The first-order valence-electron chi connectivity index (χ1n) is 7.49. The predicted molar refractivity (Wildman–Crippen MR) is 82.4 cm³/mol. The first-order chi connectivity index (χ1) is 10.6. The van der Waals surface area contributed by atoms with E-state index in [0.717, 1.165) is 22.9 Å². The number of rotatable bonds is 4. The van der Waals surface area contributed by atoms with E-state index in [2.05, 4.69) is 15.6 Å². The first-order valence-corrected chi connectivity index (χ1v) is 7.49. The van der Waals surface area contributed by atoms with Gasteiger partial charge >= 0.3 is 0 Å². The number of carbonyl (C=O) groups excluding carboxylic acids is 2. The van der Waals surface area contributed by atoms with Gasteiger partial charge in [0.2, 0.25) is 11.8 Å². The standard InChI is InChI=1S/C16H19N3O3/c20-11-3-4-14-13(8-11)10(9-19-14)5-7-18-16(22)12-2-1-6-17-15(12)21/h3-4,8-9,12,19-20H,1-2,5-7H2,(H,17,21)(H,18,22). The second kappa shape index (κ2) is 6.09. The number of benzene rings is 1. The van der Waals surface area contributed by atoms with Gasteiger partial charge in [0.1, 0.15) is 11.7 Å². The maximum absolute atomic E-state index is 12.0. The predicted octanol–water partition coefficient (Wildman–Crippen LogP) is 1.06. The molecule has 3 rings (SSSR count). The maximum atomic E-state index is 12.0. The van der Waals surface area contributed by atoms with Crippen molar-refractivity contribution in [3.05, 3.63) is 30.0 Å². The van der Waals surface area contributed by atoms with Crippen LogP contribution in [0.15, 0.2) is 24.4 Å². The SMILES string of the molecule is O=C1NCCCC1C(=O)NCCc1c[nH]c2ccc(O)cc12. The van der Waals surface area contributed by atoms with Gasteiger partial charge in [-0.1, -0.05) is 0 Å². The van der Waals surface area contributed by atoms with Gasteiger partial charge in [-0.3, -0.25) is 9.59 Å². The summed E-state index contributed by atoms with van der Waals surface area (Å²) in [5.41, 5.74) is 1.98. The van der Waals surface area contributed by atoms with Crippen LogP contribution in [0.3, 0.4) is 0 Å². The number of carbonyl (C=O) groups is 2. The molecular weight excluding hydrogens is 282 g/mol. The largest absolute Gasteiger partial charge is 0.508 e. The van der Waals surface area contributed by atoms with E-state index in [9.17, 15) is 14.7 Å². The molecule has 0 bridgehead atoms. The molecule has 1 aliphatic rings. The summed E-state index contributed by atoms with van der Waals surface area (Å²) in [6, 6.07) is 5.16. The molecule has 0 spiro atoms. The molecule has 1 atom stereocenters. The van der Waals surface area contributed by atoms with Gasteiger partial charge in [0.25, 0.3) is 0 Å². The number of hydrogen-bond donors (Lipinski definition) is 4. The molecule has 2 aromatic rings. The number of hydrogen-bond acceptors (Lipinski definition) is 3. The van der Waals surface area contributed by atoms with Crippen molar-refractivity contribution in [3.8, 4) is 5.75 Å². The van der Waals surface area contributed by atoms with Crippen molar-refractivity contribution < 1.29 is 14.7 Å². The van der Waals surface area contributed by atoms with E-state index < -0.39 is 5.92 Å². The highest BCUT2D eigenvalue weighted by Crippen LogP contribution is 2.23. The molecule has 6 heteroatoms. The summed E-state index contributed by atoms with van der Waals surface area (Å²) in [6.45, 7) is 1.12. The Kier molecular flexibility index (Phi) is 4.00. The van der Waals surface area contributed by atoms with E-state index in [-0.39, 0.29) is 17.6 Å². The molecule has 1 unspecified atom stereocenters. The van der Waals surface area contributed by atoms with E-state index in [1.54, 1.807) is 12.1 Å². The van der Waals surface area contributed by atoms with E-state index in [1.165, 1.54) is 0 Å². The van der Waals surface area contributed by atoms with Crippen molar-refractivity contribution in [2.24, 2.45) is 5.92 Å². The third-order valence-corrected chi connectivity index (χ3v) is 4.05. The van der Waals surface area contributed by atoms with Crippen LogP contribution in [-0.2, 0) is 16.0 Å². The molecule has 1 saturated heterocycles. The minimum atomic E-state index is -0.569. The molecule has 0 saturated carbocycles. The number of H-pyrrole nitrogens is 1. The number of aromatic nitrogens is 1. The van der Waals surface area contributed by atoms with Crippen LogP contribution < -0.4 is 10.6 Å². The molecule has 1 fully saturated rings. The Bertz CT molecular complexity index is 708. The third kappa shape index (κ3) is 2.90. The summed E-state index contributed by atoms with van der Waals surface area (Å²) in [5, 5.41) is 16.0. The van der Waals surface area contributed by atoms with Crippen molar-refractivity contribution in [2.75, 3.05) is 13.1 Å². The zero-order valence-corrected chi connectivity index (χ0v) is 12.2. The smallest absolute Gasteiger partial charge is 0.232 e. The molecule has 116 valence electrons. The van der Waals surface area contributed by atoms with Gasteiger partial charge in [-0.15, -0.1) is 0 Å². The number of aromatic amines is 1. The minimum Gasteiger partial charge on any atom is -0.508 e. The van der Waals surface area contributed by atoms with Crippen LogP contribution in [0.5, 0.6) is 5.75 Å². The second-order valence-electron chi connectivity index (χ2n) is 5.57. The molecule has 1 aromatic heterocycles. The highest BCUT2D eigenvalue weighted by Gasteiger charge is 2.28. The number of fused-ring (bicyclic) bond motifs is 1. The van der Waals surface area contributed by atoms with Crippen LogP contribution in [0.1, 0.15) is 18.4 Å². The summed E-state index contributed by atoms with van der Waals surface area (Å²) in [4.78, 5) is 26.8. The van der Waals surface area contributed by atoms with E-state index in [4.69, 9.17) is 0 Å². The lowest BCUT2D eigenvalue weighted by molar-refractivity contribution is -0.136. The zero-order valence-electron chi connectivity index (χ0n) is 12.2. The normalized spacial score (nSPS) is 18.2. The molecule has 0 radical (unpaired) electrons. The molecule has 22 heavy (non-hydrogen) atoms.